The first-order chi connectivity index (χ1) is 10.6. The number of benzene rings is 1. The van der Waals surface area contributed by atoms with Crippen molar-refractivity contribution in [2.45, 2.75) is 57.8 Å². The third kappa shape index (κ3) is 3.63. The first kappa shape index (κ1) is 15.4. The summed E-state index contributed by atoms with van der Waals surface area (Å²) in [7, 11) is 1.43. The predicted molar refractivity (Wildman–Crippen MR) is 86.0 cm³/mol. The SMILES string of the molecule is COC(=O)CCc1cc(CC2CC2)c(O)c(C(C)C2CC2)c1. The van der Waals surface area contributed by atoms with Crippen LogP contribution in [0.15, 0.2) is 12.1 Å². The summed E-state index contributed by atoms with van der Waals surface area (Å²) in [6.07, 6.45) is 7.16. The van der Waals surface area contributed by atoms with Crippen LogP contribution in [0.3, 0.4) is 0 Å². The lowest BCUT2D eigenvalue weighted by Crippen LogP contribution is -2.05. The van der Waals surface area contributed by atoms with Crippen LogP contribution < -0.4 is 0 Å². The molecule has 120 valence electrons. The number of hydrogen-bond donors (Lipinski definition) is 1. The molecule has 1 aromatic rings. The van der Waals surface area contributed by atoms with Crippen LogP contribution in [0.2, 0.25) is 0 Å². The van der Waals surface area contributed by atoms with Gasteiger partial charge in [-0.15, -0.1) is 0 Å². The van der Waals surface area contributed by atoms with E-state index in [4.69, 9.17) is 4.74 Å². The molecule has 1 unspecified atom stereocenters. The number of carbonyl (C=O) groups excluding carboxylic acids is 1. The van der Waals surface area contributed by atoms with E-state index in [0.29, 0.717) is 24.5 Å². The zero-order valence-corrected chi connectivity index (χ0v) is 13.6. The molecule has 2 saturated carbocycles. The molecule has 0 bridgehead atoms. The van der Waals surface area contributed by atoms with E-state index < -0.39 is 0 Å². The van der Waals surface area contributed by atoms with Crippen LogP contribution in [-0.2, 0) is 22.4 Å². The van der Waals surface area contributed by atoms with Crippen LogP contribution in [-0.4, -0.2) is 18.2 Å². The Balaban J connectivity index is 1.83. The Morgan fingerprint density at radius 2 is 2.05 bits per heavy atom. The molecule has 0 spiro atoms. The van der Waals surface area contributed by atoms with Crippen LogP contribution in [0.4, 0.5) is 0 Å². The van der Waals surface area contributed by atoms with Gasteiger partial charge in [0.1, 0.15) is 5.75 Å². The number of methoxy groups -OCH3 is 1. The Bertz CT molecular complexity index is 556. The minimum Gasteiger partial charge on any atom is -0.507 e. The van der Waals surface area contributed by atoms with Crippen molar-refractivity contribution in [3.8, 4) is 5.75 Å². The van der Waals surface area contributed by atoms with Crippen molar-refractivity contribution in [2.24, 2.45) is 11.8 Å². The van der Waals surface area contributed by atoms with Gasteiger partial charge in [-0.3, -0.25) is 4.79 Å². The van der Waals surface area contributed by atoms with E-state index >= 15 is 0 Å². The van der Waals surface area contributed by atoms with Gasteiger partial charge in [-0.1, -0.05) is 19.1 Å². The zero-order chi connectivity index (χ0) is 15.7. The summed E-state index contributed by atoms with van der Waals surface area (Å²) >= 11 is 0. The van der Waals surface area contributed by atoms with E-state index in [0.717, 1.165) is 34.9 Å². The van der Waals surface area contributed by atoms with Gasteiger partial charge in [-0.05, 0) is 73.0 Å². The van der Waals surface area contributed by atoms with Crippen molar-refractivity contribution < 1.29 is 14.6 Å². The summed E-state index contributed by atoms with van der Waals surface area (Å²) in [5.74, 6) is 2.21. The van der Waals surface area contributed by atoms with E-state index in [1.54, 1.807) is 0 Å². The zero-order valence-electron chi connectivity index (χ0n) is 13.6. The summed E-state index contributed by atoms with van der Waals surface area (Å²) in [6.45, 7) is 2.22. The van der Waals surface area contributed by atoms with Gasteiger partial charge in [0.15, 0.2) is 0 Å². The average molecular weight is 302 g/mol. The normalized spacial score (nSPS) is 19.0. The fourth-order valence-electron chi connectivity index (χ4n) is 3.27. The van der Waals surface area contributed by atoms with Crippen LogP contribution in [0.25, 0.3) is 0 Å². The summed E-state index contributed by atoms with van der Waals surface area (Å²) < 4.78 is 4.74. The predicted octanol–water partition coefficient (Wildman–Crippen LogP) is 3.96. The van der Waals surface area contributed by atoms with Crippen molar-refractivity contribution in [3.63, 3.8) is 0 Å². The standard InChI is InChI=1S/C19H26O3/c1-12(15-6-7-15)17-11-14(5-8-18(20)22-2)10-16(19(17)21)9-13-3-4-13/h10-13,15,21H,3-9H2,1-2H3. The molecule has 0 saturated heterocycles. The van der Waals surface area contributed by atoms with Gasteiger partial charge in [0.25, 0.3) is 0 Å². The molecule has 1 atom stereocenters. The second kappa shape index (κ2) is 6.31. The minimum atomic E-state index is -0.173. The summed E-state index contributed by atoms with van der Waals surface area (Å²) in [6, 6.07) is 4.21. The number of ether oxygens (including phenoxy) is 1. The van der Waals surface area contributed by atoms with Crippen molar-refractivity contribution in [3.05, 3.63) is 28.8 Å². The fourth-order valence-corrected chi connectivity index (χ4v) is 3.27. The average Bonchev–Trinajstić information content (AvgIpc) is 3.39. The molecule has 2 aliphatic rings. The van der Waals surface area contributed by atoms with E-state index in [1.807, 2.05) is 0 Å². The maximum Gasteiger partial charge on any atom is 0.305 e. The molecule has 2 fully saturated rings. The van der Waals surface area contributed by atoms with Gasteiger partial charge in [-0.25, -0.2) is 0 Å². The highest BCUT2D eigenvalue weighted by molar-refractivity contribution is 5.69. The number of esters is 1. The minimum absolute atomic E-state index is 0.173. The lowest BCUT2D eigenvalue weighted by molar-refractivity contribution is -0.140. The molecule has 0 amide bonds. The molecular weight excluding hydrogens is 276 g/mol. The molecule has 3 heteroatoms. The van der Waals surface area contributed by atoms with Gasteiger partial charge in [0.05, 0.1) is 7.11 Å². The summed E-state index contributed by atoms with van der Waals surface area (Å²) in [4.78, 5) is 11.4. The Hall–Kier alpha value is -1.51. The lowest BCUT2D eigenvalue weighted by atomic mass is 9.89. The number of aryl methyl sites for hydroxylation is 1. The highest BCUT2D eigenvalue weighted by Crippen LogP contribution is 2.46. The van der Waals surface area contributed by atoms with E-state index in [9.17, 15) is 9.90 Å². The molecule has 3 rings (SSSR count). The summed E-state index contributed by atoms with van der Waals surface area (Å²) in [5.41, 5.74) is 3.31. The van der Waals surface area contributed by atoms with Crippen molar-refractivity contribution in [1.82, 2.24) is 0 Å². The van der Waals surface area contributed by atoms with Gasteiger partial charge in [0.2, 0.25) is 0 Å². The topological polar surface area (TPSA) is 46.5 Å². The van der Waals surface area contributed by atoms with Crippen LogP contribution in [0, 0.1) is 11.8 Å². The molecular formula is C19H26O3. The monoisotopic (exact) mass is 302 g/mol. The lowest BCUT2D eigenvalue weighted by Gasteiger charge is -2.18. The number of phenolic OH excluding ortho intramolecular Hbond substituents is 1. The highest BCUT2D eigenvalue weighted by atomic mass is 16.5. The highest BCUT2D eigenvalue weighted by Gasteiger charge is 2.32. The van der Waals surface area contributed by atoms with Crippen molar-refractivity contribution in [1.29, 1.82) is 0 Å². The van der Waals surface area contributed by atoms with Crippen LogP contribution in [0.1, 0.15) is 61.6 Å². The Kier molecular flexibility index (Phi) is 4.42. The number of phenols is 1. The van der Waals surface area contributed by atoms with Gasteiger partial charge in [0, 0.05) is 6.42 Å². The van der Waals surface area contributed by atoms with Crippen LogP contribution >= 0.6 is 0 Å². The fraction of sp³-hybridized carbons (Fsp3) is 0.632. The molecule has 2 aliphatic carbocycles. The third-order valence-electron chi connectivity index (χ3n) is 5.15. The van der Waals surface area contributed by atoms with Crippen molar-refractivity contribution >= 4 is 5.97 Å². The Morgan fingerprint density at radius 3 is 2.64 bits per heavy atom. The molecule has 3 nitrogen and oxygen atoms in total. The maximum atomic E-state index is 11.4. The maximum absolute atomic E-state index is 11.4. The molecule has 1 N–H and O–H groups in total. The molecule has 22 heavy (non-hydrogen) atoms. The van der Waals surface area contributed by atoms with E-state index in [1.165, 1.54) is 32.8 Å². The third-order valence-corrected chi connectivity index (χ3v) is 5.15. The smallest absolute Gasteiger partial charge is 0.305 e. The molecule has 0 aromatic heterocycles. The first-order valence-corrected chi connectivity index (χ1v) is 8.50. The Labute approximate surface area is 132 Å². The summed E-state index contributed by atoms with van der Waals surface area (Å²) in [5, 5.41) is 10.7. The second-order valence-electron chi connectivity index (χ2n) is 7.04. The second-order valence-corrected chi connectivity index (χ2v) is 7.04. The molecule has 1 aromatic carbocycles. The molecule has 0 aliphatic heterocycles. The van der Waals surface area contributed by atoms with Gasteiger partial charge < -0.3 is 9.84 Å². The van der Waals surface area contributed by atoms with E-state index in [2.05, 4.69) is 19.1 Å². The van der Waals surface area contributed by atoms with Gasteiger partial charge in [-0.2, -0.15) is 0 Å². The number of rotatable bonds is 7. The molecule has 0 heterocycles. The largest absolute Gasteiger partial charge is 0.507 e. The molecule has 0 radical (unpaired) electrons. The quantitative estimate of drug-likeness (QED) is 0.775. The van der Waals surface area contributed by atoms with E-state index in [-0.39, 0.29) is 5.97 Å². The Morgan fingerprint density at radius 1 is 1.32 bits per heavy atom. The van der Waals surface area contributed by atoms with Crippen molar-refractivity contribution in [2.75, 3.05) is 7.11 Å². The number of aromatic hydroxyl groups is 1. The first-order valence-electron chi connectivity index (χ1n) is 8.50. The number of hydrogen-bond acceptors (Lipinski definition) is 3. The number of carbonyl (C=O) groups is 1. The van der Waals surface area contributed by atoms with Gasteiger partial charge >= 0.3 is 5.97 Å². The van der Waals surface area contributed by atoms with Crippen LogP contribution in [0.5, 0.6) is 5.75 Å².